The topological polar surface area (TPSA) is 84.9 Å². The third-order valence-corrected chi connectivity index (χ3v) is 5.66. The Kier molecular flexibility index (Phi) is 5.44. The number of para-hydroxylation sites is 3. The van der Waals surface area contributed by atoms with Gasteiger partial charge in [0.05, 0.1) is 18.0 Å². The Labute approximate surface area is 175 Å². The van der Waals surface area contributed by atoms with Gasteiger partial charge < -0.3 is 14.8 Å². The van der Waals surface area contributed by atoms with E-state index >= 15 is 0 Å². The molecular weight excluding hydrogens is 384 g/mol. The minimum atomic E-state index is -0.929. The van der Waals surface area contributed by atoms with Crippen molar-refractivity contribution in [2.45, 2.75) is 38.1 Å². The van der Waals surface area contributed by atoms with E-state index in [2.05, 4.69) is 5.32 Å². The first-order chi connectivity index (χ1) is 14.6. The van der Waals surface area contributed by atoms with Gasteiger partial charge in [0, 0.05) is 0 Å². The van der Waals surface area contributed by atoms with E-state index in [4.69, 9.17) is 9.47 Å². The average molecular weight is 408 g/mol. The van der Waals surface area contributed by atoms with Crippen LogP contribution in [0.15, 0.2) is 48.5 Å². The molecule has 1 spiro atoms. The van der Waals surface area contributed by atoms with Crippen LogP contribution in [0.1, 0.15) is 43.0 Å². The second-order valence-corrected chi connectivity index (χ2v) is 7.44. The molecule has 4 rings (SSSR count). The van der Waals surface area contributed by atoms with Crippen LogP contribution in [0.25, 0.3) is 0 Å². The summed E-state index contributed by atoms with van der Waals surface area (Å²) in [7, 11) is 0. The molecule has 156 valence electrons. The van der Waals surface area contributed by atoms with Gasteiger partial charge in [-0.25, -0.2) is 4.79 Å². The van der Waals surface area contributed by atoms with E-state index < -0.39 is 24.0 Å². The summed E-state index contributed by atoms with van der Waals surface area (Å²) < 4.78 is 10.8. The van der Waals surface area contributed by atoms with Crippen molar-refractivity contribution in [2.75, 3.05) is 23.4 Å². The lowest BCUT2D eigenvalue weighted by Gasteiger charge is -2.44. The number of carbonyl (C=O) groups excluding carboxylic acids is 3. The minimum absolute atomic E-state index is 0.180. The van der Waals surface area contributed by atoms with Gasteiger partial charge in [0.2, 0.25) is 0 Å². The largest absolute Gasteiger partial charge is 0.493 e. The van der Waals surface area contributed by atoms with Crippen LogP contribution in [0, 0.1) is 0 Å². The Bertz CT molecular complexity index is 981. The standard InChI is InChI=1S/C23H24N2O5/c1-2-29-19-12-6-3-9-16(19)21(27)30-15-20(26)25-18-11-5-4-10-17(18)24-22(28)23(25)13-7-8-14-23/h3-6,9-12H,2,7-8,13-15H2,1H3,(H,24,28). The fourth-order valence-corrected chi connectivity index (χ4v) is 4.31. The predicted octanol–water partition coefficient (Wildman–Crippen LogP) is 3.54. The SMILES string of the molecule is CCOc1ccccc1C(=O)OCC(=O)N1c2ccccc2NC(=O)C12CCCC2. The van der Waals surface area contributed by atoms with Crippen molar-refractivity contribution in [1.29, 1.82) is 0 Å². The molecule has 0 aromatic heterocycles. The lowest BCUT2D eigenvalue weighted by atomic mass is 9.90. The minimum Gasteiger partial charge on any atom is -0.493 e. The number of nitrogens with zero attached hydrogens (tertiary/aromatic N) is 1. The first kappa shape index (κ1) is 19.9. The Hall–Kier alpha value is -3.35. The number of ether oxygens (including phenoxy) is 2. The summed E-state index contributed by atoms with van der Waals surface area (Å²) in [4.78, 5) is 40.3. The molecule has 1 N–H and O–H groups in total. The lowest BCUT2D eigenvalue weighted by molar-refractivity contribution is -0.129. The van der Waals surface area contributed by atoms with Gasteiger partial charge in [-0.2, -0.15) is 0 Å². The maximum absolute atomic E-state index is 13.3. The van der Waals surface area contributed by atoms with Crippen molar-refractivity contribution in [3.05, 3.63) is 54.1 Å². The zero-order valence-electron chi connectivity index (χ0n) is 16.8. The first-order valence-electron chi connectivity index (χ1n) is 10.2. The monoisotopic (exact) mass is 408 g/mol. The Morgan fingerprint density at radius 3 is 2.53 bits per heavy atom. The summed E-state index contributed by atoms with van der Waals surface area (Å²) >= 11 is 0. The van der Waals surface area contributed by atoms with Crippen LogP contribution in [0.5, 0.6) is 5.75 Å². The molecule has 1 fully saturated rings. The van der Waals surface area contributed by atoms with Crippen molar-refractivity contribution in [3.63, 3.8) is 0 Å². The van der Waals surface area contributed by atoms with Crippen LogP contribution in [-0.4, -0.2) is 36.5 Å². The number of benzene rings is 2. The van der Waals surface area contributed by atoms with Crippen LogP contribution in [0.3, 0.4) is 0 Å². The average Bonchev–Trinajstić information content (AvgIpc) is 3.24. The predicted molar refractivity (Wildman–Crippen MR) is 112 cm³/mol. The van der Waals surface area contributed by atoms with Gasteiger partial charge in [-0.05, 0) is 44.0 Å². The van der Waals surface area contributed by atoms with Gasteiger partial charge in [0.15, 0.2) is 6.61 Å². The van der Waals surface area contributed by atoms with E-state index in [1.807, 2.05) is 13.0 Å². The van der Waals surface area contributed by atoms with Crippen LogP contribution in [0.2, 0.25) is 0 Å². The highest BCUT2D eigenvalue weighted by molar-refractivity contribution is 6.15. The molecule has 1 heterocycles. The number of carbonyl (C=O) groups is 3. The molecule has 2 aliphatic rings. The summed E-state index contributed by atoms with van der Waals surface area (Å²) in [6.07, 6.45) is 2.89. The third kappa shape index (κ3) is 3.40. The van der Waals surface area contributed by atoms with Crippen LogP contribution in [0.4, 0.5) is 11.4 Å². The molecule has 30 heavy (non-hydrogen) atoms. The fourth-order valence-electron chi connectivity index (χ4n) is 4.31. The quantitative estimate of drug-likeness (QED) is 0.765. The van der Waals surface area contributed by atoms with E-state index in [0.717, 1.165) is 12.8 Å². The fraction of sp³-hybridized carbons (Fsp3) is 0.348. The van der Waals surface area contributed by atoms with Crippen molar-refractivity contribution in [2.24, 2.45) is 0 Å². The number of nitrogens with one attached hydrogen (secondary N) is 1. The number of anilines is 2. The highest BCUT2D eigenvalue weighted by Crippen LogP contribution is 2.45. The Morgan fingerprint density at radius 2 is 1.77 bits per heavy atom. The van der Waals surface area contributed by atoms with E-state index in [1.54, 1.807) is 42.5 Å². The van der Waals surface area contributed by atoms with E-state index in [-0.39, 0.29) is 11.5 Å². The number of rotatable bonds is 5. The van der Waals surface area contributed by atoms with Gasteiger partial charge in [-0.15, -0.1) is 0 Å². The van der Waals surface area contributed by atoms with Gasteiger partial charge in [0.1, 0.15) is 16.9 Å². The molecule has 1 saturated carbocycles. The molecule has 0 radical (unpaired) electrons. The normalized spacial score (nSPS) is 16.7. The molecular formula is C23H24N2O5. The summed E-state index contributed by atoms with van der Waals surface area (Å²) in [6, 6.07) is 13.9. The Balaban J connectivity index is 1.57. The highest BCUT2D eigenvalue weighted by atomic mass is 16.5. The van der Waals surface area contributed by atoms with Crippen LogP contribution >= 0.6 is 0 Å². The van der Waals surface area contributed by atoms with Gasteiger partial charge >= 0.3 is 5.97 Å². The third-order valence-electron chi connectivity index (χ3n) is 5.66. The van der Waals surface area contributed by atoms with E-state index in [9.17, 15) is 14.4 Å². The number of hydrogen-bond acceptors (Lipinski definition) is 5. The molecule has 7 nitrogen and oxygen atoms in total. The van der Waals surface area contributed by atoms with Crippen molar-refractivity contribution < 1.29 is 23.9 Å². The number of hydrogen-bond donors (Lipinski definition) is 1. The molecule has 2 amide bonds. The molecule has 1 aliphatic heterocycles. The first-order valence-corrected chi connectivity index (χ1v) is 10.2. The van der Waals surface area contributed by atoms with Crippen molar-refractivity contribution in [3.8, 4) is 5.75 Å². The summed E-state index contributed by atoms with van der Waals surface area (Å²) in [5.41, 5.74) is 0.553. The number of fused-ring (bicyclic) bond motifs is 1. The summed E-state index contributed by atoms with van der Waals surface area (Å²) in [5.74, 6) is -0.823. The summed E-state index contributed by atoms with van der Waals surface area (Å²) in [5, 5.41) is 2.93. The molecule has 1 aliphatic carbocycles. The molecule has 2 aromatic rings. The van der Waals surface area contributed by atoms with Crippen molar-refractivity contribution >= 4 is 29.2 Å². The second-order valence-electron chi connectivity index (χ2n) is 7.44. The maximum Gasteiger partial charge on any atom is 0.342 e. The zero-order chi connectivity index (χ0) is 21.1. The summed E-state index contributed by atoms with van der Waals surface area (Å²) in [6.45, 7) is 1.78. The second kappa shape index (κ2) is 8.18. The van der Waals surface area contributed by atoms with Gasteiger partial charge in [-0.3, -0.25) is 14.5 Å². The zero-order valence-corrected chi connectivity index (χ0v) is 16.8. The van der Waals surface area contributed by atoms with E-state index in [0.29, 0.717) is 36.6 Å². The molecule has 7 heteroatoms. The number of esters is 1. The van der Waals surface area contributed by atoms with Crippen molar-refractivity contribution in [1.82, 2.24) is 0 Å². The van der Waals surface area contributed by atoms with Crippen LogP contribution in [-0.2, 0) is 14.3 Å². The molecule has 0 unspecified atom stereocenters. The molecule has 0 saturated heterocycles. The van der Waals surface area contributed by atoms with Crippen LogP contribution < -0.4 is 15.0 Å². The Morgan fingerprint density at radius 1 is 1.07 bits per heavy atom. The number of amides is 2. The highest BCUT2D eigenvalue weighted by Gasteiger charge is 2.52. The smallest absolute Gasteiger partial charge is 0.342 e. The maximum atomic E-state index is 13.3. The van der Waals surface area contributed by atoms with E-state index in [1.165, 1.54) is 4.90 Å². The van der Waals surface area contributed by atoms with Gasteiger partial charge in [-0.1, -0.05) is 37.1 Å². The molecule has 2 aromatic carbocycles. The lowest BCUT2D eigenvalue weighted by Crippen LogP contribution is -2.61. The van der Waals surface area contributed by atoms with Gasteiger partial charge in [0.25, 0.3) is 11.8 Å². The molecule has 0 bridgehead atoms. The molecule has 0 atom stereocenters.